The Morgan fingerprint density at radius 2 is 1.39 bits per heavy atom. The Kier molecular flexibility index (Phi) is 7.65. The number of halogens is 1. The van der Waals surface area contributed by atoms with Gasteiger partial charge in [-0.05, 0) is 62.5 Å². The number of ether oxygens (including phenoxy) is 1. The first-order chi connectivity index (χ1) is 14.9. The van der Waals surface area contributed by atoms with Gasteiger partial charge < -0.3 is 15.4 Å². The quantitative estimate of drug-likeness (QED) is 0.523. The van der Waals surface area contributed by atoms with E-state index in [1.807, 2.05) is 31.2 Å². The van der Waals surface area contributed by atoms with Crippen LogP contribution in [0, 0.1) is 6.92 Å². The highest BCUT2D eigenvalue weighted by Crippen LogP contribution is 2.23. The second-order valence-electron chi connectivity index (χ2n) is 7.19. The molecule has 2 amide bonds. The normalized spacial score (nSPS) is 10.6. The molecular weight excluding hydrogens is 414 g/mol. The zero-order valence-corrected chi connectivity index (χ0v) is 18.1. The number of carbonyl (C=O) groups is 2. The Morgan fingerprint density at radius 1 is 0.839 bits per heavy atom. The molecule has 160 valence electrons. The predicted octanol–water partition coefficient (Wildman–Crippen LogP) is 4.95. The predicted molar refractivity (Wildman–Crippen MR) is 124 cm³/mol. The molecule has 0 saturated carbocycles. The first-order valence-corrected chi connectivity index (χ1v) is 10.1. The average Bonchev–Trinajstić information content (AvgIpc) is 2.72. The van der Waals surface area contributed by atoms with E-state index >= 15 is 0 Å². The number of para-hydroxylation sites is 1. The van der Waals surface area contributed by atoms with Crippen LogP contribution in [-0.4, -0.2) is 36.9 Å². The number of carbonyl (C=O) groups excluding carboxylic acids is 2. The van der Waals surface area contributed by atoms with Crippen LogP contribution in [0.15, 0.2) is 72.8 Å². The van der Waals surface area contributed by atoms with Crippen molar-refractivity contribution in [2.45, 2.75) is 6.92 Å². The summed E-state index contributed by atoms with van der Waals surface area (Å²) in [6.07, 6.45) is 0. The molecule has 0 aromatic heterocycles. The molecule has 6 nitrogen and oxygen atoms in total. The number of aryl methyl sites for hydroxylation is 1. The molecule has 31 heavy (non-hydrogen) atoms. The lowest BCUT2D eigenvalue weighted by atomic mass is 10.2. The Labute approximate surface area is 186 Å². The van der Waals surface area contributed by atoms with Gasteiger partial charge >= 0.3 is 0 Å². The van der Waals surface area contributed by atoms with Crippen molar-refractivity contribution in [2.75, 3.05) is 30.8 Å². The molecule has 0 atom stereocenters. The van der Waals surface area contributed by atoms with Crippen LogP contribution in [0.25, 0.3) is 0 Å². The number of likely N-dealkylation sites (N-methyl/N-ethyl adjacent to an activating group) is 1. The van der Waals surface area contributed by atoms with Gasteiger partial charge in [0, 0.05) is 5.69 Å². The standard InChI is InChI=1S/C24H24ClN3O3/c1-17-7-11-19(12-8-17)31-20-13-9-18(10-14-20)26-23(29)15-28(2)16-24(30)27-22-6-4-3-5-21(22)25/h3-14H,15-16H2,1-2H3,(H,26,29)(H,27,30). The molecule has 3 aromatic rings. The van der Waals surface area contributed by atoms with Crippen LogP contribution < -0.4 is 15.4 Å². The summed E-state index contributed by atoms with van der Waals surface area (Å²) in [5, 5.41) is 6.01. The molecule has 0 fully saturated rings. The van der Waals surface area contributed by atoms with Crippen LogP contribution in [-0.2, 0) is 9.59 Å². The third-order valence-corrected chi connectivity index (χ3v) is 4.70. The molecule has 0 bridgehead atoms. The number of anilines is 2. The number of nitrogens with one attached hydrogen (secondary N) is 2. The summed E-state index contributed by atoms with van der Waals surface area (Å²) in [6.45, 7) is 2.14. The van der Waals surface area contributed by atoms with Gasteiger partial charge in [-0.2, -0.15) is 0 Å². The van der Waals surface area contributed by atoms with E-state index in [0.29, 0.717) is 22.1 Å². The van der Waals surface area contributed by atoms with Gasteiger partial charge in [0.2, 0.25) is 11.8 Å². The second kappa shape index (κ2) is 10.6. The van der Waals surface area contributed by atoms with Crippen LogP contribution in [0.2, 0.25) is 5.02 Å². The molecule has 7 heteroatoms. The maximum atomic E-state index is 12.3. The Morgan fingerprint density at radius 3 is 2.00 bits per heavy atom. The highest BCUT2D eigenvalue weighted by molar-refractivity contribution is 6.33. The molecule has 0 spiro atoms. The van der Waals surface area contributed by atoms with Gasteiger partial charge in [0.1, 0.15) is 11.5 Å². The zero-order valence-electron chi connectivity index (χ0n) is 17.4. The lowest BCUT2D eigenvalue weighted by Gasteiger charge is -2.16. The van der Waals surface area contributed by atoms with Gasteiger partial charge in [0.05, 0.1) is 23.8 Å². The monoisotopic (exact) mass is 437 g/mol. The molecule has 0 heterocycles. The smallest absolute Gasteiger partial charge is 0.238 e. The SMILES string of the molecule is Cc1ccc(Oc2ccc(NC(=O)CN(C)CC(=O)Nc3ccccc3Cl)cc2)cc1. The largest absolute Gasteiger partial charge is 0.457 e. The second-order valence-corrected chi connectivity index (χ2v) is 7.60. The van der Waals surface area contributed by atoms with Crippen LogP contribution in [0.5, 0.6) is 11.5 Å². The topological polar surface area (TPSA) is 70.7 Å². The molecule has 0 aliphatic rings. The Bertz CT molecular complexity index is 1040. The molecule has 3 rings (SSSR count). The lowest BCUT2D eigenvalue weighted by Crippen LogP contribution is -2.36. The molecule has 0 unspecified atom stereocenters. The summed E-state index contributed by atoms with van der Waals surface area (Å²) in [5.41, 5.74) is 2.35. The number of nitrogens with zero attached hydrogens (tertiary/aromatic N) is 1. The van der Waals surface area contributed by atoms with Crippen LogP contribution in [0.1, 0.15) is 5.56 Å². The summed E-state index contributed by atoms with van der Waals surface area (Å²) in [7, 11) is 1.70. The summed E-state index contributed by atoms with van der Waals surface area (Å²) >= 11 is 6.04. The van der Waals surface area contributed by atoms with E-state index in [-0.39, 0.29) is 24.9 Å². The number of benzene rings is 3. The van der Waals surface area contributed by atoms with Crippen LogP contribution >= 0.6 is 11.6 Å². The van der Waals surface area contributed by atoms with E-state index in [0.717, 1.165) is 11.3 Å². The lowest BCUT2D eigenvalue weighted by molar-refractivity contribution is -0.119. The third-order valence-electron chi connectivity index (χ3n) is 4.37. The Balaban J connectivity index is 1.45. The number of rotatable bonds is 8. The van der Waals surface area contributed by atoms with Gasteiger partial charge in [-0.1, -0.05) is 41.4 Å². The Hall–Kier alpha value is -3.35. The number of hydrogen-bond acceptors (Lipinski definition) is 4. The average molecular weight is 438 g/mol. The zero-order chi connectivity index (χ0) is 22.2. The van der Waals surface area contributed by atoms with E-state index in [9.17, 15) is 9.59 Å². The molecule has 0 radical (unpaired) electrons. The highest BCUT2D eigenvalue weighted by Gasteiger charge is 2.12. The van der Waals surface area contributed by atoms with Crippen molar-refractivity contribution in [1.82, 2.24) is 4.90 Å². The van der Waals surface area contributed by atoms with E-state index < -0.39 is 0 Å². The van der Waals surface area contributed by atoms with Crippen molar-refractivity contribution in [3.63, 3.8) is 0 Å². The maximum absolute atomic E-state index is 12.3. The molecule has 0 aliphatic heterocycles. The molecule has 2 N–H and O–H groups in total. The first kappa shape index (κ1) is 22.3. The van der Waals surface area contributed by atoms with E-state index in [2.05, 4.69) is 10.6 Å². The maximum Gasteiger partial charge on any atom is 0.238 e. The van der Waals surface area contributed by atoms with E-state index in [1.54, 1.807) is 60.5 Å². The van der Waals surface area contributed by atoms with Crippen LogP contribution in [0.4, 0.5) is 11.4 Å². The van der Waals surface area contributed by atoms with Crippen molar-refractivity contribution in [2.24, 2.45) is 0 Å². The fourth-order valence-corrected chi connectivity index (χ4v) is 3.03. The van der Waals surface area contributed by atoms with Gasteiger partial charge in [-0.25, -0.2) is 0 Å². The van der Waals surface area contributed by atoms with Gasteiger partial charge in [0.15, 0.2) is 0 Å². The van der Waals surface area contributed by atoms with Gasteiger partial charge in [-0.3, -0.25) is 14.5 Å². The minimum atomic E-state index is -0.249. The minimum Gasteiger partial charge on any atom is -0.457 e. The van der Waals surface area contributed by atoms with Crippen molar-refractivity contribution in [3.05, 3.63) is 83.4 Å². The molecular formula is C24H24ClN3O3. The van der Waals surface area contributed by atoms with Crippen molar-refractivity contribution in [1.29, 1.82) is 0 Å². The van der Waals surface area contributed by atoms with Crippen molar-refractivity contribution >= 4 is 34.8 Å². The summed E-state index contributed by atoms with van der Waals surface area (Å²) < 4.78 is 5.78. The molecule has 3 aromatic carbocycles. The van der Waals surface area contributed by atoms with Crippen molar-refractivity contribution < 1.29 is 14.3 Å². The number of amides is 2. The fraction of sp³-hybridized carbons (Fsp3) is 0.167. The van der Waals surface area contributed by atoms with E-state index in [1.165, 1.54) is 0 Å². The van der Waals surface area contributed by atoms with Crippen LogP contribution in [0.3, 0.4) is 0 Å². The van der Waals surface area contributed by atoms with Crippen molar-refractivity contribution in [3.8, 4) is 11.5 Å². The first-order valence-electron chi connectivity index (χ1n) is 9.76. The fourth-order valence-electron chi connectivity index (χ4n) is 2.85. The van der Waals surface area contributed by atoms with Gasteiger partial charge in [0.25, 0.3) is 0 Å². The summed E-state index contributed by atoms with van der Waals surface area (Å²) in [4.78, 5) is 26.1. The molecule has 0 aliphatic carbocycles. The molecule has 0 saturated heterocycles. The minimum absolute atomic E-state index is 0.0575. The van der Waals surface area contributed by atoms with Gasteiger partial charge in [-0.15, -0.1) is 0 Å². The highest BCUT2D eigenvalue weighted by atomic mass is 35.5. The third kappa shape index (κ3) is 7.13. The summed E-state index contributed by atoms with van der Waals surface area (Å²) in [5.74, 6) is 0.954. The number of hydrogen-bond donors (Lipinski definition) is 2. The summed E-state index contributed by atoms with van der Waals surface area (Å²) in [6, 6.07) is 21.9. The van der Waals surface area contributed by atoms with E-state index in [4.69, 9.17) is 16.3 Å².